The van der Waals surface area contributed by atoms with Gasteiger partial charge in [-0.25, -0.2) is 9.97 Å². The first-order valence-electron chi connectivity index (χ1n) is 9.58. The largest absolute Gasteiger partial charge is 0.378 e. The van der Waals surface area contributed by atoms with Crippen LogP contribution in [0.4, 0.5) is 11.6 Å². The summed E-state index contributed by atoms with van der Waals surface area (Å²) in [5.74, 6) is 1.61. The number of nitrogens with one attached hydrogen (secondary N) is 1. The van der Waals surface area contributed by atoms with E-state index in [-0.39, 0.29) is 5.91 Å². The number of amides is 1. The van der Waals surface area contributed by atoms with E-state index in [1.807, 2.05) is 24.3 Å². The summed E-state index contributed by atoms with van der Waals surface area (Å²) in [4.78, 5) is 26.2. The minimum Gasteiger partial charge on any atom is -0.378 e. The van der Waals surface area contributed by atoms with E-state index in [9.17, 15) is 4.79 Å². The van der Waals surface area contributed by atoms with E-state index in [0.717, 1.165) is 56.2 Å². The smallest absolute Gasteiger partial charge is 0.255 e. The van der Waals surface area contributed by atoms with Crippen molar-refractivity contribution < 1.29 is 9.53 Å². The average molecular weight is 367 g/mol. The summed E-state index contributed by atoms with van der Waals surface area (Å²) in [7, 11) is 0. The molecule has 4 heterocycles. The van der Waals surface area contributed by atoms with E-state index in [4.69, 9.17) is 4.74 Å². The Balaban J connectivity index is 1.47. The molecule has 2 fully saturated rings. The molecule has 0 saturated carbocycles. The first-order valence-corrected chi connectivity index (χ1v) is 9.58. The summed E-state index contributed by atoms with van der Waals surface area (Å²) in [5, 5.41) is 3.06. The van der Waals surface area contributed by atoms with Crippen molar-refractivity contribution in [2.24, 2.45) is 0 Å². The van der Waals surface area contributed by atoms with Crippen LogP contribution in [0.1, 0.15) is 28.8 Å². The van der Waals surface area contributed by atoms with E-state index in [0.29, 0.717) is 25.3 Å². The summed E-state index contributed by atoms with van der Waals surface area (Å²) in [5.41, 5.74) is 1.65. The molecule has 0 radical (unpaired) electrons. The van der Waals surface area contributed by atoms with Gasteiger partial charge in [-0.2, -0.15) is 0 Å². The van der Waals surface area contributed by atoms with Crippen molar-refractivity contribution in [1.82, 2.24) is 15.3 Å². The third kappa shape index (κ3) is 4.03. The van der Waals surface area contributed by atoms with Gasteiger partial charge in [0.15, 0.2) is 0 Å². The van der Waals surface area contributed by atoms with E-state index in [2.05, 4.69) is 25.1 Å². The van der Waals surface area contributed by atoms with Gasteiger partial charge in [0.05, 0.1) is 18.8 Å². The topological polar surface area (TPSA) is 70.6 Å². The molecule has 7 nitrogen and oxygen atoms in total. The summed E-state index contributed by atoms with van der Waals surface area (Å²) in [6.45, 7) is 5.41. The van der Waals surface area contributed by atoms with Crippen molar-refractivity contribution >= 4 is 17.5 Å². The number of carbonyl (C=O) groups is 1. The summed E-state index contributed by atoms with van der Waals surface area (Å²) in [6.07, 6.45) is 5.84. The highest BCUT2D eigenvalue weighted by Crippen LogP contribution is 2.22. The van der Waals surface area contributed by atoms with Gasteiger partial charge in [-0.05, 0) is 31.0 Å². The Hall–Kier alpha value is -2.67. The van der Waals surface area contributed by atoms with Gasteiger partial charge < -0.3 is 19.9 Å². The molecule has 0 spiro atoms. The molecular formula is C20H25N5O2. The number of ether oxygens (including phenoxy) is 1. The molecule has 1 amide bonds. The number of pyridine rings is 2. The fourth-order valence-electron chi connectivity index (χ4n) is 3.65. The molecule has 27 heavy (non-hydrogen) atoms. The highest BCUT2D eigenvalue weighted by atomic mass is 16.5. The molecule has 2 aromatic heterocycles. The lowest BCUT2D eigenvalue weighted by molar-refractivity contribution is 0.0951. The molecule has 0 aliphatic carbocycles. The number of morpholine rings is 1. The van der Waals surface area contributed by atoms with Crippen LogP contribution in [0.2, 0.25) is 0 Å². The van der Waals surface area contributed by atoms with Gasteiger partial charge in [0, 0.05) is 50.7 Å². The highest BCUT2D eigenvalue weighted by Gasteiger charge is 2.21. The third-order valence-electron chi connectivity index (χ3n) is 5.05. The number of hydrogen-bond donors (Lipinski definition) is 1. The van der Waals surface area contributed by atoms with Crippen LogP contribution < -0.4 is 15.1 Å². The van der Waals surface area contributed by atoms with Crippen LogP contribution in [0.25, 0.3) is 0 Å². The van der Waals surface area contributed by atoms with Crippen LogP contribution in [-0.2, 0) is 11.3 Å². The molecule has 142 valence electrons. The number of nitrogens with zero attached hydrogens (tertiary/aromatic N) is 4. The van der Waals surface area contributed by atoms with Gasteiger partial charge in [0.1, 0.15) is 11.6 Å². The summed E-state index contributed by atoms with van der Waals surface area (Å²) < 4.78 is 5.43. The normalized spacial score (nSPS) is 17.2. The van der Waals surface area contributed by atoms with Crippen LogP contribution in [0.5, 0.6) is 0 Å². The van der Waals surface area contributed by atoms with Gasteiger partial charge in [0.2, 0.25) is 0 Å². The van der Waals surface area contributed by atoms with Crippen LogP contribution in [0.3, 0.4) is 0 Å². The zero-order chi connectivity index (χ0) is 18.5. The Labute approximate surface area is 159 Å². The molecule has 2 aliphatic heterocycles. The fraction of sp³-hybridized carbons (Fsp3) is 0.450. The van der Waals surface area contributed by atoms with E-state index in [1.54, 1.807) is 12.4 Å². The maximum Gasteiger partial charge on any atom is 0.255 e. The van der Waals surface area contributed by atoms with Crippen molar-refractivity contribution in [1.29, 1.82) is 0 Å². The summed E-state index contributed by atoms with van der Waals surface area (Å²) in [6, 6.07) is 7.59. The van der Waals surface area contributed by atoms with E-state index in [1.165, 1.54) is 0 Å². The first kappa shape index (κ1) is 17.7. The Morgan fingerprint density at radius 3 is 2.41 bits per heavy atom. The predicted octanol–water partition coefficient (Wildman–Crippen LogP) is 1.84. The maximum absolute atomic E-state index is 12.9. The molecular weight excluding hydrogens is 342 g/mol. The van der Waals surface area contributed by atoms with Gasteiger partial charge in [-0.3, -0.25) is 4.79 Å². The quantitative estimate of drug-likeness (QED) is 0.870. The zero-order valence-electron chi connectivity index (χ0n) is 15.4. The minimum atomic E-state index is -0.0956. The van der Waals surface area contributed by atoms with Crippen LogP contribution in [0.15, 0.2) is 36.7 Å². The molecule has 0 atom stereocenters. The van der Waals surface area contributed by atoms with Crippen molar-refractivity contribution in [2.45, 2.75) is 19.4 Å². The summed E-state index contributed by atoms with van der Waals surface area (Å²) >= 11 is 0. The molecule has 2 aliphatic rings. The van der Waals surface area contributed by atoms with Crippen LogP contribution >= 0.6 is 0 Å². The van der Waals surface area contributed by atoms with Crippen LogP contribution in [0, 0.1) is 0 Å². The van der Waals surface area contributed by atoms with Gasteiger partial charge in [0.25, 0.3) is 5.91 Å². The van der Waals surface area contributed by atoms with E-state index < -0.39 is 0 Å². The van der Waals surface area contributed by atoms with Gasteiger partial charge in [-0.15, -0.1) is 0 Å². The molecule has 0 bridgehead atoms. The molecule has 7 heteroatoms. The van der Waals surface area contributed by atoms with Crippen molar-refractivity contribution in [3.63, 3.8) is 0 Å². The first-order chi connectivity index (χ1) is 13.3. The Kier molecular flexibility index (Phi) is 5.48. The number of anilines is 2. The lowest BCUT2D eigenvalue weighted by Crippen LogP contribution is -2.38. The Bertz CT molecular complexity index is 785. The lowest BCUT2D eigenvalue weighted by Gasteiger charge is -2.29. The average Bonchev–Trinajstić information content (AvgIpc) is 3.28. The Morgan fingerprint density at radius 1 is 0.963 bits per heavy atom. The second-order valence-electron chi connectivity index (χ2n) is 6.84. The fourth-order valence-corrected chi connectivity index (χ4v) is 3.65. The molecule has 0 unspecified atom stereocenters. The highest BCUT2D eigenvalue weighted by molar-refractivity contribution is 5.98. The van der Waals surface area contributed by atoms with Gasteiger partial charge in [-0.1, -0.05) is 6.07 Å². The van der Waals surface area contributed by atoms with Crippen LogP contribution in [-0.4, -0.2) is 55.3 Å². The van der Waals surface area contributed by atoms with Crippen molar-refractivity contribution in [2.75, 3.05) is 49.2 Å². The monoisotopic (exact) mass is 367 g/mol. The second kappa shape index (κ2) is 8.35. The Morgan fingerprint density at radius 2 is 1.63 bits per heavy atom. The zero-order valence-corrected chi connectivity index (χ0v) is 15.4. The number of hydrogen-bond acceptors (Lipinski definition) is 6. The maximum atomic E-state index is 12.9. The van der Waals surface area contributed by atoms with Gasteiger partial charge >= 0.3 is 0 Å². The number of aromatic nitrogens is 2. The molecule has 0 aromatic carbocycles. The molecule has 1 N–H and O–H groups in total. The second-order valence-corrected chi connectivity index (χ2v) is 6.84. The SMILES string of the molecule is O=C(NCc1cccnc1N1CCOCC1)c1cccnc1N1CCCC1. The van der Waals surface area contributed by atoms with Crippen molar-refractivity contribution in [3.8, 4) is 0 Å². The standard InChI is InChI=1S/C20H25N5O2/c26-20(17-6-4-8-22-19(17)24-9-1-2-10-24)23-15-16-5-3-7-21-18(16)25-11-13-27-14-12-25/h3-8H,1-2,9-15H2,(H,23,26). The molecule has 2 aromatic rings. The minimum absolute atomic E-state index is 0.0956. The number of rotatable bonds is 5. The molecule has 4 rings (SSSR count). The lowest BCUT2D eigenvalue weighted by atomic mass is 10.2. The number of carbonyl (C=O) groups excluding carboxylic acids is 1. The van der Waals surface area contributed by atoms with E-state index >= 15 is 0 Å². The van der Waals surface area contributed by atoms with Crippen molar-refractivity contribution in [3.05, 3.63) is 47.8 Å². The predicted molar refractivity (Wildman–Crippen MR) is 104 cm³/mol. The molecule has 2 saturated heterocycles. The third-order valence-corrected chi connectivity index (χ3v) is 5.05.